The predicted molar refractivity (Wildman–Crippen MR) is 60.9 cm³/mol. The SMILES string of the molecule is CCOC(=O)Cc1nc([N+](=O)[O-])cc(C(F)F)c1C. The van der Waals surface area contributed by atoms with Gasteiger partial charge in [0, 0.05) is 17.2 Å². The van der Waals surface area contributed by atoms with Crippen molar-refractivity contribution in [2.75, 3.05) is 6.61 Å². The van der Waals surface area contributed by atoms with Gasteiger partial charge >= 0.3 is 11.8 Å². The molecule has 0 fully saturated rings. The Kier molecular flexibility index (Phi) is 4.85. The number of nitrogens with zero attached hydrogens (tertiary/aromatic N) is 2. The van der Waals surface area contributed by atoms with Crippen LogP contribution in [0.15, 0.2) is 6.07 Å². The number of nitro groups is 1. The van der Waals surface area contributed by atoms with E-state index in [0.29, 0.717) is 6.07 Å². The van der Waals surface area contributed by atoms with Crippen LogP contribution in [0, 0.1) is 17.0 Å². The Labute approximate surface area is 107 Å². The van der Waals surface area contributed by atoms with Crippen molar-refractivity contribution in [2.45, 2.75) is 26.7 Å². The van der Waals surface area contributed by atoms with Crippen molar-refractivity contribution >= 4 is 11.8 Å². The molecule has 0 saturated carbocycles. The van der Waals surface area contributed by atoms with Gasteiger partial charge < -0.3 is 14.9 Å². The molecule has 0 atom stereocenters. The fraction of sp³-hybridized carbons (Fsp3) is 0.455. The van der Waals surface area contributed by atoms with Gasteiger partial charge in [-0.25, -0.2) is 8.78 Å². The van der Waals surface area contributed by atoms with E-state index in [1.165, 1.54) is 6.92 Å². The zero-order valence-corrected chi connectivity index (χ0v) is 10.4. The smallest absolute Gasteiger partial charge is 0.364 e. The summed E-state index contributed by atoms with van der Waals surface area (Å²) in [6.45, 7) is 3.07. The average Bonchev–Trinajstić information content (AvgIpc) is 2.31. The Bertz CT molecular complexity index is 506. The normalized spacial score (nSPS) is 10.6. The highest BCUT2D eigenvalue weighted by atomic mass is 19.3. The van der Waals surface area contributed by atoms with Crippen molar-refractivity contribution in [1.82, 2.24) is 4.98 Å². The summed E-state index contributed by atoms with van der Waals surface area (Å²) in [5.74, 6) is -1.38. The molecule has 1 aromatic heterocycles. The second-order valence-corrected chi connectivity index (χ2v) is 3.68. The van der Waals surface area contributed by atoms with Crippen molar-refractivity contribution in [3.8, 4) is 0 Å². The highest BCUT2D eigenvalue weighted by molar-refractivity contribution is 5.72. The number of alkyl halides is 2. The number of hydrogen-bond donors (Lipinski definition) is 0. The molecule has 0 unspecified atom stereocenters. The Morgan fingerprint density at radius 3 is 2.68 bits per heavy atom. The van der Waals surface area contributed by atoms with Gasteiger partial charge in [0.05, 0.1) is 6.61 Å². The summed E-state index contributed by atoms with van der Waals surface area (Å²) >= 11 is 0. The van der Waals surface area contributed by atoms with Gasteiger partial charge in [0.2, 0.25) is 0 Å². The topological polar surface area (TPSA) is 82.3 Å². The van der Waals surface area contributed by atoms with E-state index in [0.717, 1.165) is 0 Å². The van der Waals surface area contributed by atoms with E-state index in [9.17, 15) is 23.7 Å². The predicted octanol–water partition coefficient (Wildman–Crippen LogP) is 2.34. The third-order valence-corrected chi connectivity index (χ3v) is 2.44. The van der Waals surface area contributed by atoms with Gasteiger partial charge in [-0.3, -0.25) is 4.79 Å². The summed E-state index contributed by atoms with van der Waals surface area (Å²) in [5, 5.41) is 10.6. The van der Waals surface area contributed by atoms with E-state index >= 15 is 0 Å². The standard InChI is InChI=1S/C11H12F2N2O4/c1-3-19-10(16)5-8-6(2)7(11(12)13)4-9(14-8)15(17)18/h4,11H,3,5H2,1-2H3. The fourth-order valence-electron chi connectivity index (χ4n) is 1.51. The number of pyridine rings is 1. The molecule has 0 aromatic carbocycles. The average molecular weight is 274 g/mol. The van der Waals surface area contributed by atoms with Gasteiger partial charge in [-0.05, 0) is 23.8 Å². The van der Waals surface area contributed by atoms with Crippen LogP contribution < -0.4 is 0 Å². The van der Waals surface area contributed by atoms with Crippen LogP contribution in [0.3, 0.4) is 0 Å². The number of esters is 1. The fourth-order valence-corrected chi connectivity index (χ4v) is 1.51. The number of carbonyl (C=O) groups excluding carboxylic acids is 1. The van der Waals surface area contributed by atoms with Crippen molar-refractivity contribution in [3.05, 3.63) is 33.0 Å². The highest BCUT2D eigenvalue weighted by Crippen LogP contribution is 2.27. The molecule has 1 aromatic rings. The molecule has 0 radical (unpaired) electrons. The molecule has 6 nitrogen and oxygen atoms in total. The number of rotatable bonds is 5. The van der Waals surface area contributed by atoms with E-state index < -0.39 is 28.7 Å². The van der Waals surface area contributed by atoms with Crippen LogP contribution in [-0.4, -0.2) is 22.5 Å². The molecule has 1 heterocycles. The summed E-state index contributed by atoms with van der Waals surface area (Å²) < 4.78 is 30.2. The quantitative estimate of drug-likeness (QED) is 0.467. The molecule has 0 aliphatic rings. The minimum Gasteiger partial charge on any atom is -0.466 e. The van der Waals surface area contributed by atoms with E-state index in [4.69, 9.17) is 0 Å². The molecule has 1 rings (SSSR count). The molecule has 104 valence electrons. The lowest BCUT2D eigenvalue weighted by Gasteiger charge is -2.07. The first kappa shape index (κ1) is 14.9. The van der Waals surface area contributed by atoms with Crippen molar-refractivity contribution < 1.29 is 23.2 Å². The van der Waals surface area contributed by atoms with Gasteiger partial charge in [0.15, 0.2) is 5.69 Å². The lowest BCUT2D eigenvalue weighted by atomic mass is 10.1. The van der Waals surface area contributed by atoms with E-state index in [1.807, 2.05) is 0 Å². The van der Waals surface area contributed by atoms with Gasteiger partial charge in [0.1, 0.15) is 6.42 Å². The summed E-state index contributed by atoms with van der Waals surface area (Å²) in [6, 6.07) is 0.717. The first-order chi connectivity index (χ1) is 8.86. The Morgan fingerprint density at radius 1 is 1.58 bits per heavy atom. The van der Waals surface area contributed by atoms with Crippen LogP contribution in [0.4, 0.5) is 14.6 Å². The number of carbonyl (C=O) groups is 1. The van der Waals surface area contributed by atoms with Crippen molar-refractivity contribution in [2.24, 2.45) is 0 Å². The molecular formula is C11H12F2N2O4. The van der Waals surface area contributed by atoms with E-state index in [-0.39, 0.29) is 24.3 Å². The zero-order chi connectivity index (χ0) is 14.6. The van der Waals surface area contributed by atoms with Crippen molar-refractivity contribution in [1.29, 1.82) is 0 Å². The molecule has 0 bridgehead atoms. The monoisotopic (exact) mass is 274 g/mol. The zero-order valence-electron chi connectivity index (χ0n) is 10.4. The molecule has 0 aliphatic carbocycles. The number of hydrogen-bond acceptors (Lipinski definition) is 5. The molecule has 0 amide bonds. The molecule has 0 spiro atoms. The van der Waals surface area contributed by atoms with Gasteiger partial charge in [-0.1, -0.05) is 0 Å². The molecule has 8 heteroatoms. The molecular weight excluding hydrogens is 262 g/mol. The third kappa shape index (κ3) is 3.67. The van der Waals surface area contributed by atoms with E-state index in [2.05, 4.69) is 9.72 Å². The lowest BCUT2D eigenvalue weighted by molar-refractivity contribution is -0.389. The Morgan fingerprint density at radius 2 is 2.21 bits per heavy atom. The maximum Gasteiger partial charge on any atom is 0.364 e. The number of halogens is 2. The number of aromatic nitrogens is 1. The highest BCUT2D eigenvalue weighted by Gasteiger charge is 2.24. The molecule has 0 saturated heterocycles. The van der Waals surface area contributed by atoms with Gasteiger partial charge in [0.25, 0.3) is 6.43 Å². The molecule has 0 N–H and O–H groups in total. The van der Waals surface area contributed by atoms with Crippen LogP contribution >= 0.6 is 0 Å². The summed E-state index contributed by atoms with van der Waals surface area (Å²) in [5.41, 5.74) is -0.502. The molecule has 0 aliphatic heterocycles. The van der Waals surface area contributed by atoms with Gasteiger partial charge in [-0.2, -0.15) is 0 Å². The summed E-state index contributed by atoms with van der Waals surface area (Å²) in [7, 11) is 0. The maximum absolute atomic E-state index is 12.8. The van der Waals surface area contributed by atoms with Crippen LogP contribution in [0.25, 0.3) is 0 Å². The van der Waals surface area contributed by atoms with Crippen LogP contribution in [0.1, 0.15) is 30.2 Å². The number of ether oxygens (including phenoxy) is 1. The third-order valence-electron chi connectivity index (χ3n) is 2.44. The second-order valence-electron chi connectivity index (χ2n) is 3.68. The Balaban J connectivity index is 3.21. The largest absolute Gasteiger partial charge is 0.466 e. The first-order valence-corrected chi connectivity index (χ1v) is 5.45. The second kappa shape index (κ2) is 6.17. The molecule has 19 heavy (non-hydrogen) atoms. The van der Waals surface area contributed by atoms with Crippen LogP contribution in [-0.2, 0) is 16.0 Å². The Hall–Kier alpha value is -2.12. The van der Waals surface area contributed by atoms with Crippen LogP contribution in [0.5, 0.6) is 0 Å². The minimum atomic E-state index is -2.87. The maximum atomic E-state index is 12.8. The van der Waals surface area contributed by atoms with Crippen LogP contribution in [0.2, 0.25) is 0 Å². The summed E-state index contributed by atoms with van der Waals surface area (Å²) in [4.78, 5) is 24.7. The van der Waals surface area contributed by atoms with Gasteiger partial charge in [-0.15, -0.1) is 0 Å². The van der Waals surface area contributed by atoms with E-state index in [1.54, 1.807) is 6.92 Å². The van der Waals surface area contributed by atoms with Crippen molar-refractivity contribution in [3.63, 3.8) is 0 Å². The lowest BCUT2D eigenvalue weighted by Crippen LogP contribution is -2.12. The first-order valence-electron chi connectivity index (χ1n) is 5.45. The minimum absolute atomic E-state index is 0.0636. The summed E-state index contributed by atoms with van der Waals surface area (Å²) in [6.07, 6.45) is -3.25.